The number of esters is 1. The number of thiophene rings is 1. The quantitative estimate of drug-likeness (QED) is 0.863. The molecule has 0 radical (unpaired) electrons. The maximum absolute atomic E-state index is 12.8. The standard InChI is InChI=1S/C15H14FNO3S/c1-2-20-15(19)12-7-8-21-14(12)17-13(18)9-10-3-5-11(16)6-4-10/h3-8H,2,9H2,1H3,(H,17,18). The van der Waals surface area contributed by atoms with Crippen LogP contribution in [0, 0.1) is 5.82 Å². The molecule has 0 aliphatic heterocycles. The van der Waals surface area contributed by atoms with Crippen molar-refractivity contribution in [2.75, 3.05) is 11.9 Å². The van der Waals surface area contributed by atoms with Gasteiger partial charge in [-0.3, -0.25) is 4.79 Å². The van der Waals surface area contributed by atoms with E-state index in [4.69, 9.17) is 4.74 Å². The molecule has 2 aromatic rings. The van der Waals surface area contributed by atoms with Crippen LogP contribution in [0.2, 0.25) is 0 Å². The van der Waals surface area contributed by atoms with E-state index in [0.717, 1.165) is 0 Å². The lowest BCUT2D eigenvalue weighted by Gasteiger charge is -2.06. The number of halogens is 1. The van der Waals surface area contributed by atoms with Gasteiger partial charge >= 0.3 is 5.97 Å². The van der Waals surface area contributed by atoms with Gasteiger partial charge in [-0.15, -0.1) is 11.3 Å². The number of hydrogen-bond donors (Lipinski definition) is 1. The first-order chi connectivity index (χ1) is 10.1. The van der Waals surface area contributed by atoms with Gasteiger partial charge in [0.05, 0.1) is 18.6 Å². The number of carbonyl (C=O) groups excluding carboxylic acids is 2. The Morgan fingerprint density at radius 1 is 1.24 bits per heavy atom. The zero-order valence-electron chi connectivity index (χ0n) is 11.4. The van der Waals surface area contributed by atoms with Gasteiger partial charge in [0.25, 0.3) is 0 Å². The van der Waals surface area contributed by atoms with Crippen LogP contribution >= 0.6 is 11.3 Å². The molecule has 0 spiro atoms. The van der Waals surface area contributed by atoms with Crippen molar-refractivity contribution in [1.29, 1.82) is 0 Å². The number of ether oxygens (including phenoxy) is 1. The lowest BCUT2D eigenvalue weighted by molar-refractivity contribution is -0.115. The molecule has 1 aromatic heterocycles. The van der Waals surface area contributed by atoms with Gasteiger partial charge in [-0.2, -0.15) is 0 Å². The van der Waals surface area contributed by atoms with Crippen molar-refractivity contribution in [2.24, 2.45) is 0 Å². The molecule has 110 valence electrons. The Balaban J connectivity index is 2.01. The molecule has 0 unspecified atom stereocenters. The number of anilines is 1. The predicted molar refractivity (Wildman–Crippen MR) is 79.0 cm³/mol. The molecule has 1 amide bonds. The largest absolute Gasteiger partial charge is 0.462 e. The molecule has 1 aromatic carbocycles. The van der Waals surface area contributed by atoms with Crippen LogP contribution < -0.4 is 5.32 Å². The summed E-state index contributed by atoms with van der Waals surface area (Å²) in [4.78, 5) is 23.6. The first-order valence-corrected chi connectivity index (χ1v) is 7.27. The zero-order valence-corrected chi connectivity index (χ0v) is 12.2. The zero-order chi connectivity index (χ0) is 15.2. The van der Waals surface area contributed by atoms with Gasteiger partial charge in [0.1, 0.15) is 10.8 Å². The van der Waals surface area contributed by atoms with Crippen LogP contribution in [0.4, 0.5) is 9.39 Å². The second-order valence-electron chi connectivity index (χ2n) is 4.24. The summed E-state index contributed by atoms with van der Waals surface area (Å²) in [7, 11) is 0. The molecule has 2 rings (SSSR count). The fourth-order valence-corrected chi connectivity index (χ4v) is 2.53. The highest BCUT2D eigenvalue weighted by Crippen LogP contribution is 2.24. The van der Waals surface area contributed by atoms with Crippen LogP contribution in [-0.4, -0.2) is 18.5 Å². The van der Waals surface area contributed by atoms with E-state index in [1.54, 1.807) is 30.5 Å². The summed E-state index contributed by atoms with van der Waals surface area (Å²) in [6.07, 6.45) is 0.112. The summed E-state index contributed by atoms with van der Waals surface area (Å²) in [6.45, 7) is 1.99. The first kappa shape index (κ1) is 15.2. The third-order valence-electron chi connectivity index (χ3n) is 2.69. The maximum atomic E-state index is 12.8. The average Bonchev–Trinajstić information content (AvgIpc) is 2.90. The number of carbonyl (C=O) groups is 2. The van der Waals surface area contributed by atoms with Crippen LogP contribution in [0.25, 0.3) is 0 Å². The third-order valence-corrected chi connectivity index (χ3v) is 3.52. The normalized spacial score (nSPS) is 10.2. The highest BCUT2D eigenvalue weighted by atomic mass is 32.1. The van der Waals surface area contributed by atoms with Crippen molar-refractivity contribution < 1.29 is 18.7 Å². The number of benzene rings is 1. The van der Waals surface area contributed by atoms with E-state index >= 15 is 0 Å². The van der Waals surface area contributed by atoms with Gasteiger partial charge in [0.2, 0.25) is 5.91 Å². The second-order valence-corrected chi connectivity index (χ2v) is 5.15. The summed E-state index contributed by atoms with van der Waals surface area (Å²) in [5.74, 6) is -1.08. The van der Waals surface area contributed by atoms with E-state index in [9.17, 15) is 14.0 Å². The molecule has 1 heterocycles. The molecule has 0 atom stereocenters. The predicted octanol–water partition coefficient (Wildman–Crippen LogP) is 3.25. The molecule has 0 aliphatic carbocycles. The topological polar surface area (TPSA) is 55.4 Å². The molecule has 0 fully saturated rings. The second kappa shape index (κ2) is 6.99. The minimum atomic E-state index is -0.462. The summed E-state index contributed by atoms with van der Waals surface area (Å²) in [5, 5.41) is 4.84. The smallest absolute Gasteiger partial charge is 0.341 e. The van der Waals surface area contributed by atoms with Crippen LogP contribution in [0.5, 0.6) is 0 Å². The van der Waals surface area contributed by atoms with E-state index in [2.05, 4.69) is 5.32 Å². The number of rotatable bonds is 5. The summed E-state index contributed by atoms with van der Waals surface area (Å²) >= 11 is 1.25. The van der Waals surface area contributed by atoms with Crippen LogP contribution in [-0.2, 0) is 16.0 Å². The molecule has 0 bridgehead atoms. The summed E-state index contributed by atoms with van der Waals surface area (Å²) < 4.78 is 17.7. The van der Waals surface area contributed by atoms with Crippen molar-refractivity contribution in [3.63, 3.8) is 0 Å². The molecule has 0 saturated heterocycles. The van der Waals surface area contributed by atoms with E-state index in [0.29, 0.717) is 16.1 Å². The van der Waals surface area contributed by atoms with E-state index in [1.165, 1.54) is 23.5 Å². The molecule has 0 aliphatic rings. The first-order valence-electron chi connectivity index (χ1n) is 6.39. The highest BCUT2D eigenvalue weighted by molar-refractivity contribution is 7.14. The summed E-state index contributed by atoms with van der Waals surface area (Å²) in [6, 6.07) is 7.32. The SMILES string of the molecule is CCOC(=O)c1ccsc1NC(=O)Cc1ccc(F)cc1. The lowest BCUT2D eigenvalue weighted by Crippen LogP contribution is -2.16. The number of nitrogens with one attached hydrogen (secondary N) is 1. The number of amides is 1. The Bertz CT molecular complexity index is 637. The van der Waals surface area contributed by atoms with Gasteiger partial charge < -0.3 is 10.1 Å². The molecule has 6 heteroatoms. The summed E-state index contributed by atoms with van der Waals surface area (Å²) in [5.41, 5.74) is 1.04. The molecular weight excluding hydrogens is 293 g/mol. The Hall–Kier alpha value is -2.21. The molecule has 1 N–H and O–H groups in total. The Morgan fingerprint density at radius 2 is 1.95 bits per heavy atom. The van der Waals surface area contributed by atoms with Crippen molar-refractivity contribution in [1.82, 2.24) is 0 Å². The van der Waals surface area contributed by atoms with Gasteiger partial charge in [0.15, 0.2) is 0 Å². The minimum absolute atomic E-state index is 0.112. The van der Waals surface area contributed by atoms with Gasteiger partial charge in [0, 0.05) is 0 Å². The Morgan fingerprint density at radius 3 is 2.62 bits per heavy atom. The fourth-order valence-electron chi connectivity index (χ4n) is 1.73. The van der Waals surface area contributed by atoms with Crippen molar-refractivity contribution in [3.05, 3.63) is 52.7 Å². The highest BCUT2D eigenvalue weighted by Gasteiger charge is 2.16. The van der Waals surface area contributed by atoms with Crippen LogP contribution in [0.15, 0.2) is 35.7 Å². The third kappa shape index (κ3) is 4.13. The van der Waals surface area contributed by atoms with Crippen molar-refractivity contribution >= 4 is 28.2 Å². The van der Waals surface area contributed by atoms with Crippen LogP contribution in [0.1, 0.15) is 22.8 Å². The molecule has 21 heavy (non-hydrogen) atoms. The van der Waals surface area contributed by atoms with E-state index in [-0.39, 0.29) is 24.8 Å². The van der Waals surface area contributed by atoms with E-state index in [1.807, 2.05) is 0 Å². The van der Waals surface area contributed by atoms with Crippen LogP contribution in [0.3, 0.4) is 0 Å². The monoisotopic (exact) mass is 307 g/mol. The maximum Gasteiger partial charge on any atom is 0.341 e. The van der Waals surface area contributed by atoms with E-state index < -0.39 is 5.97 Å². The Labute approximate surface area is 125 Å². The van der Waals surface area contributed by atoms with Crippen molar-refractivity contribution in [3.8, 4) is 0 Å². The fraction of sp³-hybridized carbons (Fsp3) is 0.200. The van der Waals surface area contributed by atoms with Gasteiger partial charge in [-0.05, 0) is 36.1 Å². The van der Waals surface area contributed by atoms with Crippen molar-refractivity contribution in [2.45, 2.75) is 13.3 Å². The van der Waals surface area contributed by atoms with Gasteiger partial charge in [-0.1, -0.05) is 12.1 Å². The molecule has 0 saturated carbocycles. The van der Waals surface area contributed by atoms with Gasteiger partial charge in [-0.25, -0.2) is 9.18 Å². The average molecular weight is 307 g/mol. The number of hydrogen-bond acceptors (Lipinski definition) is 4. The Kier molecular flexibility index (Phi) is 5.05. The lowest BCUT2D eigenvalue weighted by atomic mass is 10.1. The molecule has 4 nitrogen and oxygen atoms in total. The minimum Gasteiger partial charge on any atom is -0.462 e. The molecular formula is C15H14FNO3S.